The van der Waals surface area contributed by atoms with Gasteiger partial charge in [0.15, 0.2) is 5.78 Å². The summed E-state index contributed by atoms with van der Waals surface area (Å²) in [7, 11) is 0. The maximum absolute atomic E-state index is 11.6. The standard InChI is InChI=1S/C31H31NO3/c1-20(24-8-10-25(11-9-24)23(4)33)16-26-6-5-7-30(22(26)3)27-12-13-31(28(18-27)19-32)35-29-14-15-34-21(2)17-29/h5-13,16,18,21,29H,14-15,17H2,1-4H3/b20-16+. The van der Waals surface area contributed by atoms with Crippen LogP contribution >= 0.6 is 0 Å². The lowest BCUT2D eigenvalue weighted by atomic mass is 9.93. The van der Waals surface area contributed by atoms with E-state index in [1.54, 1.807) is 6.92 Å². The molecule has 0 spiro atoms. The van der Waals surface area contributed by atoms with Gasteiger partial charge in [-0.25, -0.2) is 0 Å². The number of carbonyl (C=O) groups is 1. The van der Waals surface area contributed by atoms with Gasteiger partial charge in [-0.3, -0.25) is 4.79 Å². The number of ketones is 1. The van der Waals surface area contributed by atoms with Crippen LogP contribution in [-0.2, 0) is 4.74 Å². The molecule has 1 heterocycles. The van der Waals surface area contributed by atoms with Crippen LogP contribution in [0.2, 0.25) is 0 Å². The third-order valence-electron chi connectivity index (χ3n) is 6.64. The van der Waals surface area contributed by atoms with E-state index in [0.29, 0.717) is 23.5 Å². The Labute approximate surface area is 207 Å². The quantitative estimate of drug-likeness (QED) is 0.284. The molecule has 0 aromatic heterocycles. The molecule has 178 valence electrons. The van der Waals surface area contributed by atoms with Crippen LogP contribution in [0.1, 0.15) is 66.2 Å². The molecule has 3 aromatic carbocycles. The normalized spacial score (nSPS) is 18.1. The first-order chi connectivity index (χ1) is 16.9. The van der Waals surface area contributed by atoms with Crippen LogP contribution < -0.4 is 4.74 Å². The van der Waals surface area contributed by atoms with Crippen molar-refractivity contribution < 1.29 is 14.3 Å². The van der Waals surface area contributed by atoms with Crippen molar-refractivity contribution >= 4 is 17.4 Å². The summed E-state index contributed by atoms with van der Waals surface area (Å²) in [5.41, 5.74) is 7.79. The molecule has 1 saturated heterocycles. The molecule has 0 amide bonds. The monoisotopic (exact) mass is 465 g/mol. The average Bonchev–Trinajstić information content (AvgIpc) is 2.85. The summed E-state index contributed by atoms with van der Waals surface area (Å²) in [5.74, 6) is 0.700. The van der Waals surface area contributed by atoms with Crippen LogP contribution in [-0.4, -0.2) is 24.6 Å². The maximum atomic E-state index is 11.6. The van der Waals surface area contributed by atoms with E-state index in [9.17, 15) is 10.1 Å². The van der Waals surface area contributed by atoms with Gasteiger partial charge in [-0.2, -0.15) is 5.26 Å². The molecule has 0 saturated carbocycles. The van der Waals surface area contributed by atoms with Gasteiger partial charge >= 0.3 is 0 Å². The highest BCUT2D eigenvalue weighted by atomic mass is 16.5. The fourth-order valence-electron chi connectivity index (χ4n) is 4.54. The number of nitrogens with zero attached hydrogens (tertiary/aromatic N) is 1. The van der Waals surface area contributed by atoms with Crippen LogP contribution in [0, 0.1) is 18.3 Å². The first kappa shape index (κ1) is 24.4. The van der Waals surface area contributed by atoms with Crippen molar-refractivity contribution in [2.45, 2.75) is 52.7 Å². The van der Waals surface area contributed by atoms with Crippen molar-refractivity contribution in [2.75, 3.05) is 6.61 Å². The van der Waals surface area contributed by atoms with E-state index in [1.807, 2.05) is 48.5 Å². The largest absolute Gasteiger partial charge is 0.489 e. The Bertz CT molecular complexity index is 1300. The first-order valence-electron chi connectivity index (χ1n) is 12.1. The summed E-state index contributed by atoms with van der Waals surface area (Å²) in [6.07, 6.45) is 4.07. The van der Waals surface area contributed by atoms with Gasteiger partial charge in [-0.15, -0.1) is 0 Å². The topological polar surface area (TPSA) is 59.3 Å². The zero-order valence-electron chi connectivity index (χ0n) is 20.8. The Hall–Kier alpha value is -3.68. The van der Waals surface area contributed by atoms with Crippen LogP contribution in [0.15, 0.2) is 60.7 Å². The average molecular weight is 466 g/mol. The maximum Gasteiger partial charge on any atom is 0.159 e. The summed E-state index contributed by atoms with van der Waals surface area (Å²) in [4.78, 5) is 11.6. The van der Waals surface area contributed by atoms with E-state index in [1.165, 1.54) is 0 Å². The van der Waals surface area contributed by atoms with E-state index >= 15 is 0 Å². The second kappa shape index (κ2) is 10.7. The minimum atomic E-state index is 0.0669. The molecule has 1 aliphatic rings. The fraction of sp³-hybridized carbons (Fsp3) is 0.290. The summed E-state index contributed by atoms with van der Waals surface area (Å²) in [6, 6.07) is 22.1. The Morgan fingerprint density at radius 2 is 1.83 bits per heavy atom. The molecule has 0 radical (unpaired) electrons. The predicted octanol–water partition coefficient (Wildman–Crippen LogP) is 7.24. The van der Waals surface area contributed by atoms with Gasteiger partial charge in [0, 0.05) is 18.4 Å². The molecule has 0 N–H and O–H groups in total. The van der Waals surface area contributed by atoms with Crippen molar-refractivity contribution in [2.24, 2.45) is 0 Å². The van der Waals surface area contributed by atoms with E-state index in [4.69, 9.17) is 9.47 Å². The smallest absolute Gasteiger partial charge is 0.159 e. The van der Waals surface area contributed by atoms with Crippen LogP contribution in [0.3, 0.4) is 0 Å². The van der Waals surface area contributed by atoms with Gasteiger partial charge in [0.1, 0.15) is 17.9 Å². The highest BCUT2D eigenvalue weighted by molar-refractivity contribution is 5.94. The molecular weight excluding hydrogens is 434 g/mol. The van der Waals surface area contributed by atoms with E-state index in [2.05, 4.69) is 45.0 Å². The molecule has 0 bridgehead atoms. The molecule has 4 heteroatoms. The number of hydrogen-bond donors (Lipinski definition) is 0. The number of nitriles is 1. The molecule has 2 atom stereocenters. The van der Waals surface area contributed by atoms with Gasteiger partial charge in [-0.1, -0.05) is 54.6 Å². The number of Topliss-reactive ketones (excluding diaryl/α,β-unsaturated/α-hetero) is 1. The molecule has 4 nitrogen and oxygen atoms in total. The van der Waals surface area contributed by atoms with Crippen LogP contribution in [0.4, 0.5) is 0 Å². The second-order valence-electron chi connectivity index (χ2n) is 9.25. The molecule has 1 aliphatic heterocycles. The van der Waals surface area contributed by atoms with E-state index < -0.39 is 0 Å². The van der Waals surface area contributed by atoms with Crippen molar-refractivity contribution in [3.63, 3.8) is 0 Å². The minimum absolute atomic E-state index is 0.0669. The predicted molar refractivity (Wildman–Crippen MR) is 140 cm³/mol. The third-order valence-corrected chi connectivity index (χ3v) is 6.64. The minimum Gasteiger partial charge on any atom is -0.489 e. The number of hydrogen-bond acceptors (Lipinski definition) is 4. The van der Waals surface area contributed by atoms with Gasteiger partial charge in [0.2, 0.25) is 0 Å². The van der Waals surface area contributed by atoms with Gasteiger partial charge < -0.3 is 9.47 Å². The Morgan fingerprint density at radius 3 is 2.51 bits per heavy atom. The second-order valence-corrected chi connectivity index (χ2v) is 9.25. The van der Waals surface area contributed by atoms with Gasteiger partial charge in [-0.05, 0) is 73.2 Å². The van der Waals surface area contributed by atoms with Crippen molar-refractivity contribution in [3.8, 4) is 22.9 Å². The molecule has 2 unspecified atom stereocenters. The fourth-order valence-corrected chi connectivity index (χ4v) is 4.54. The Balaban J connectivity index is 1.60. The summed E-state index contributed by atoms with van der Waals surface area (Å²) < 4.78 is 11.8. The summed E-state index contributed by atoms with van der Waals surface area (Å²) >= 11 is 0. The summed E-state index contributed by atoms with van der Waals surface area (Å²) in [5, 5.41) is 9.81. The Morgan fingerprint density at radius 1 is 1.09 bits per heavy atom. The molecule has 1 fully saturated rings. The van der Waals surface area contributed by atoms with Crippen molar-refractivity contribution in [1.82, 2.24) is 0 Å². The Kier molecular flexibility index (Phi) is 7.48. The number of ether oxygens (including phenoxy) is 2. The highest BCUT2D eigenvalue weighted by Crippen LogP contribution is 2.32. The van der Waals surface area contributed by atoms with Crippen LogP contribution in [0.5, 0.6) is 5.75 Å². The number of allylic oxidation sites excluding steroid dienone is 1. The van der Waals surface area contributed by atoms with Crippen LogP contribution in [0.25, 0.3) is 22.8 Å². The number of rotatable bonds is 6. The lowest BCUT2D eigenvalue weighted by Crippen LogP contribution is -2.31. The highest BCUT2D eigenvalue weighted by Gasteiger charge is 2.22. The van der Waals surface area contributed by atoms with E-state index in [0.717, 1.165) is 46.2 Å². The molecule has 0 aliphatic carbocycles. The number of benzene rings is 3. The first-order valence-corrected chi connectivity index (χ1v) is 12.1. The summed E-state index contributed by atoms with van der Waals surface area (Å²) in [6.45, 7) is 8.50. The molecule has 35 heavy (non-hydrogen) atoms. The molecule has 3 aromatic rings. The van der Waals surface area contributed by atoms with E-state index in [-0.39, 0.29) is 18.0 Å². The lowest BCUT2D eigenvalue weighted by molar-refractivity contribution is -0.0252. The zero-order valence-corrected chi connectivity index (χ0v) is 20.8. The van der Waals surface area contributed by atoms with Crippen molar-refractivity contribution in [3.05, 3.63) is 88.5 Å². The number of carbonyl (C=O) groups excluding carboxylic acids is 1. The zero-order chi connectivity index (χ0) is 24.9. The molecular formula is C31H31NO3. The van der Waals surface area contributed by atoms with Crippen molar-refractivity contribution in [1.29, 1.82) is 5.26 Å². The lowest BCUT2D eigenvalue weighted by Gasteiger charge is -2.28. The third kappa shape index (κ3) is 5.70. The van der Waals surface area contributed by atoms with Gasteiger partial charge in [0.25, 0.3) is 0 Å². The molecule has 4 rings (SSSR count). The van der Waals surface area contributed by atoms with Gasteiger partial charge in [0.05, 0.1) is 18.3 Å². The SMILES string of the molecule is CC(=O)c1ccc(/C(C)=C/c2cccc(-c3ccc(OC4CCOC(C)C4)c(C#N)c3)c2C)cc1.